The highest BCUT2D eigenvalue weighted by Crippen LogP contribution is 2.37. The van der Waals surface area contributed by atoms with Crippen molar-refractivity contribution in [1.82, 2.24) is 20.2 Å². The Morgan fingerprint density at radius 3 is 2.92 bits per heavy atom. The predicted octanol–water partition coefficient (Wildman–Crippen LogP) is 3.46. The highest BCUT2D eigenvalue weighted by Gasteiger charge is 2.35. The number of tetrazole rings is 1. The minimum absolute atomic E-state index is 0.344. The van der Waals surface area contributed by atoms with Gasteiger partial charge in [0.25, 0.3) is 0 Å². The van der Waals surface area contributed by atoms with Crippen molar-refractivity contribution in [3.05, 3.63) is 45.6 Å². The normalized spacial score (nSPS) is 16.4. The minimum atomic E-state index is -0.444. The summed E-state index contributed by atoms with van der Waals surface area (Å²) < 4.78 is 7.99. The van der Waals surface area contributed by atoms with E-state index in [1.807, 2.05) is 31.2 Å². The molecule has 0 amide bonds. The number of carbonyl (C=O) groups is 1. The lowest BCUT2D eigenvalue weighted by Gasteiger charge is -2.28. The number of rotatable bonds is 6. The van der Waals surface area contributed by atoms with E-state index >= 15 is 0 Å². The number of allylic oxidation sites excluding steroid dienone is 1. The van der Waals surface area contributed by atoms with Gasteiger partial charge in [0.1, 0.15) is 6.04 Å². The Bertz CT molecular complexity index is 802. The van der Waals surface area contributed by atoms with E-state index in [1.165, 1.54) is 0 Å². The lowest BCUT2D eigenvalue weighted by molar-refractivity contribution is -0.139. The van der Waals surface area contributed by atoms with Gasteiger partial charge in [-0.2, -0.15) is 4.68 Å². The van der Waals surface area contributed by atoms with Crippen LogP contribution in [0.2, 0.25) is 0 Å². The van der Waals surface area contributed by atoms with Crippen molar-refractivity contribution in [2.45, 2.75) is 39.2 Å². The lowest BCUT2D eigenvalue weighted by atomic mass is 9.96. The first-order chi connectivity index (χ1) is 12.1. The highest BCUT2D eigenvalue weighted by molar-refractivity contribution is 9.10. The first-order valence-electron chi connectivity index (χ1n) is 8.30. The number of nitrogens with zero attached hydrogens (tertiary/aromatic N) is 4. The molecule has 2 aromatic rings. The van der Waals surface area contributed by atoms with E-state index in [0.717, 1.165) is 29.3 Å². The van der Waals surface area contributed by atoms with Gasteiger partial charge < -0.3 is 10.1 Å². The third kappa shape index (κ3) is 3.58. The second kappa shape index (κ2) is 7.77. The van der Waals surface area contributed by atoms with E-state index in [-0.39, 0.29) is 5.97 Å². The molecule has 7 nitrogen and oxygen atoms in total. The third-order valence-corrected chi connectivity index (χ3v) is 4.84. The van der Waals surface area contributed by atoms with Crippen molar-refractivity contribution in [2.24, 2.45) is 0 Å². The molecule has 8 heteroatoms. The molecule has 25 heavy (non-hydrogen) atoms. The number of esters is 1. The summed E-state index contributed by atoms with van der Waals surface area (Å²) in [6, 6.07) is 7.28. The maximum atomic E-state index is 12.8. The van der Waals surface area contributed by atoms with Gasteiger partial charge in [0.2, 0.25) is 5.95 Å². The first-order valence-corrected chi connectivity index (χ1v) is 9.10. The molecular formula is C17H20BrN5O2. The quantitative estimate of drug-likeness (QED) is 0.585. The number of ether oxygens (including phenoxy) is 1. The van der Waals surface area contributed by atoms with Gasteiger partial charge in [-0.25, -0.2) is 4.79 Å². The van der Waals surface area contributed by atoms with Gasteiger partial charge in [0.05, 0.1) is 12.2 Å². The Kier molecular flexibility index (Phi) is 5.47. The van der Waals surface area contributed by atoms with Crippen LogP contribution in [0.25, 0.3) is 0 Å². The number of aromatic nitrogens is 4. The standard InChI is InChI=1S/C17H20BrN5O2/c1-3-4-7-10-25-16(24)14-11(2)19-17-20-21-22-23(17)15(14)12-8-5-6-9-13(12)18/h5-6,8-9,15H,3-4,7,10H2,1-2H3,(H,19,20,22)/t15-/m0/s1. The Morgan fingerprint density at radius 1 is 1.36 bits per heavy atom. The molecule has 0 radical (unpaired) electrons. The summed E-state index contributed by atoms with van der Waals surface area (Å²) in [5, 5.41) is 14.9. The number of unbranched alkanes of at least 4 members (excludes halogenated alkanes) is 2. The molecule has 1 aromatic carbocycles. The van der Waals surface area contributed by atoms with Gasteiger partial charge in [-0.1, -0.05) is 59.0 Å². The molecule has 3 rings (SSSR count). The molecule has 0 aliphatic carbocycles. The van der Waals surface area contributed by atoms with E-state index in [0.29, 0.717) is 23.8 Å². The van der Waals surface area contributed by atoms with Crippen LogP contribution in [0.1, 0.15) is 44.7 Å². The number of halogens is 1. The molecule has 1 aromatic heterocycles. The molecular weight excluding hydrogens is 386 g/mol. The van der Waals surface area contributed by atoms with Crippen LogP contribution in [0.4, 0.5) is 5.95 Å². The molecule has 1 aliphatic heterocycles. The molecule has 0 saturated carbocycles. The van der Waals surface area contributed by atoms with Gasteiger partial charge in [-0.15, -0.1) is 0 Å². The number of fused-ring (bicyclic) bond motifs is 1. The highest BCUT2D eigenvalue weighted by atomic mass is 79.9. The largest absolute Gasteiger partial charge is 0.462 e. The number of nitrogens with one attached hydrogen (secondary N) is 1. The molecule has 132 valence electrons. The SMILES string of the molecule is CCCCCOC(=O)C1=C(C)Nc2nnnn2[C@H]1c1ccccc1Br. The minimum Gasteiger partial charge on any atom is -0.462 e. The second-order valence-electron chi connectivity index (χ2n) is 5.88. The van der Waals surface area contributed by atoms with Crippen molar-refractivity contribution in [3.63, 3.8) is 0 Å². The number of carbonyl (C=O) groups excluding carboxylic acids is 1. The van der Waals surface area contributed by atoms with Crippen molar-refractivity contribution in [1.29, 1.82) is 0 Å². The molecule has 0 unspecified atom stereocenters. The number of hydrogen-bond acceptors (Lipinski definition) is 6. The van der Waals surface area contributed by atoms with Crippen LogP contribution in [0.5, 0.6) is 0 Å². The molecule has 0 spiro atoms. The van der Waals surface area contributed by atoms with Crippen LogP contribution in [0.15, 0.2) is 40.0 Å². The van der Waals surface area contributed by atoms with E-state index in [9.17, 15) is 4.79 Å². The van der Waals surface area contributed by atoms with Crippen molar-refractivity contribution in [2.75, 3.05) is 11.9 Å². The Labute approximate surface area is 154 Å². The predicted molar refractivity (Wildman–Crippen MR) is 96.9 cm³/mol. The average Bonchev–Trinajstić information content (AvgIpc) is 3.06. The molecule has 0 bridgehead atoms. The summed E-state index contributed by atoms with van der Waals surface area (Å²) in [5.74, 6) is 0.156. The zero-order valence-electron chi connectivity index (χ0n) is 14.2. The molecule has 1 aliphatic rings. The molecule has 0 saturated heterocycles. The van der Waals surface area contributed by atoms with Crippen LogP contribution >= 0.6 is 15.9 Å². The fourth-order valence-corrected chi connectivity index (χ4v) is 3.36. The van der Waals surface area contributed by atoms with Crippen molar-refractivity contribution < 1.29 is 9.53 Å². The smallest absolute Gasteiger partial charge is 0.338 e. The van der Waals surface area contributed by atoms with Gasteiger partial charge in [-0.3, -0.25) is 0 Å². The maximum absolute atomic E-state index is 12.8. The molecule has 1 N–H and O–H groups in total. The Morgan fingerprint density at radius 2 is 2.16 bits per heavy atom. The summed E-state index contributed by atoms with van der Waals surface area (Å²) in [4.78, 5) is 12.8. The van der Waals surface area contributed by atoms with Gasteiger partial charge in [-0.05, 0) is 35.4 Å². The summed E-state index contributed by atoms with van der Waals surface area (Å²) in [7, 11) is 0. The third-order valence-electron chi connectivity index (χ3n) is 4.11. The average molecular weight is 406 g/mol. The monoisotopic (exact) mass is 405 g/mol. The van der Waals surface area contributed by atoms with E-state index in [1.54, 1.807) is 4.68 Å². The van der Waals surface area contributed by atoms with E-state index < -0.39 is 6.04 Å². The Hall–Kier alpha value is -2.22. The van der Waals surface area contributed by atoms with E-state index in [2.05, 4.69) is 43.7 Å². The van der Waals surface area contributed by atoms with Crippen molar-refractivity contribution in [3.8, 4) is 0 Å². The zero-order chi connectivity index (χ0) is 17.8. The summed E-state index contributed by atoms with van der Waals surface area (Å²) in [6.07, 6.45) is 2.97. The van der Waals surface area contributed by atoms with Crippen LogP contribution in [-0.2, 0) is 9.53 Å². The van der Waals surface area contributed by atoms with Crippen LogP contribution in [-0.4, -0.2) is 32.8 Å². The van der Waals surface area contributed by atoms with Crippen LogP contribution in [0, 0.1) is 0 Å². The van der Waals surface area contributed by atoms with Gasteiger partial charge in [0, 0.05) is 10.2 Å². The summed E-state index contributed by atoms with van der Waals surface area (Å²) in [6.45, 7) is 4.36. The molecule has 1 atom stereocenters. The topological polar surface area (TPSA) is 81.9 Å². The van der Waals surface area contributed by atoms with Gasteiger partial charge in [0.15, 0.2) is 0 Å². The maximum Gasteiger partial charge on any atom is 0.338 e. The van der Waals surface area contributed by atoms with Crippen molar-refractivity contribution >= 4 is 27.8 Å². The molecule has 2 heterocycles. The molecule has 0 fully saturated rings. The van der Waals surface area contributed by atoms with E-state index in [4.69, 9.17) is 4.74 Å². The first kappa shape index (κ1) is 17.6. The zero-order valence-corrected chi connectivity index (χ0v) is 15.8. The summed E-state index contributed by atoms with van der Waals surface area (Å²) in [5.41, 5.74) is 2.11. The van der Waals surface area contributed by atoms with Crippen LogP contribution < -0.4 is 5.32 Å². The number of anilines is 1. The lowest BCUT2D eigenvalue weighted by Crippen LogP contribution is -2.30. The second-order valence-corrected chi connectivity index (χ2v) is 6.73. The Balaban J connectivity index is 1.96. The number of hydrogen-bond donors (Lipinski definition) is 1. The fraction of sp³-hybridized carbons (Fsp3) is 0.412. The summed E-state index contributed by atoms with van der Waals surface area (Å²) >= 11 is 3.56. The van der Waals surface area contributed by atoms with Crippen LogP contribution in [0.3, 0.4) is 0 Å². The fourth-order valence-electron chi connectivity index (χ4n) is 2.86. The number of benzene rings is 1. The van der Waals surface area contributed by atoms with Gasteiger partial charge >= 0.3 is 5.97 Å².